The number of halogens is 2. The van der Waals surface area contributed by atoms with Crippen LogP contribution in [0.25, 0.3) is 0 Å². The van der Waals surface area contributed by atoms with E-state index in [-0.39, 0.29) is 12.0 Å². The number of carbonyl (C=O) groups is 1. The Bertz CT molecular complexity index is 422. The highest BCUT2D eigenvalue weighted by Gasteiger charge is 2.21. The Labute approximate surface area is 101 Å². The number of rotatable bonds is 0. The lowest BCUT2D eigenvalue weighted by molar-refractivity contribution is -0.117. The van der Waals surface area contributed by atoms with E-state index in [0.29, 0.717) is 22.9 Å². The third kappa shape index (κ3) is 2.26. The molecule has 1 heterocycles. The summed E-state index contributed by atoms with van der Waals surface area (Å²) in [4.78, 5) is 11.4. The quantitative estimate of drug-likeness (QED) is 0.797. The monoisotopic (exact) mass is 289 g/mol. The topological polar surface area (TPSA) is 38.3 Å². The van der Waals surface area contributed by atoms with Crippen molar-refractivity contribution >= 4 is 39.1 Å². The van der Waals surface area contributed by atoms with Crippen LogP contribution in [-0.2, 0) is 4.79 Å². The molecule has 1 amide bonds. The maximum atomic E-state index is 11.4. The Morgan fingerprint density at radius 1 is 1.60 bits per heavy atom. The second-order valence-corrected chi connectivity index (χ2v) is 4.74. The fourth-order valence-electron chi connectivity index (χ4n) is 1.48. The number of nitrogens with one attached hydrogen (secondary N) is 1. The first-order valence-electron chi connectivity index (χ1n) is 4.52. The van der Waals surface area contributed by atoms with Crippen molar-refractivity contribution in [2.24, 2.45) is 0 Å². The molecule has 1 aliphatic rings. The number of ether oxygens (including phenoxy) is 1. The zero-order valence-corrected chi connectivity index (χ0v) is 10.4. The molecule has 0 fully saturated rings. The summed E-state index contributed by atoms with van der Waals surface area (Å²) < 4.78 is 6.37. The van der Waals surface area contributed by atoms with Crippen molar-refractivity contribution in [2.75, 3.05) is 5.32 Å². The van der Waals surface area contributed by atoms with E-state index in [2.05, 4.69) is 21.2 Å². The normalized spacial score (nSPS) is 19.9. The van der Waals surface area contributed by atoms with E-state index in [4.69, 9.17) is 16.3 Å². The first-order chi connectivity index (χ1) is 7.06. The highest BCUT2D eigenvalue weighted by Crippen LogP contribution is 2.38. The van der Waals surface area contributed by atoms with Crippen LogP contribution in [0.4, 0.5) is 5.69 Å². The zero-order valence-electron chi connectivity index (χ0n) is 8.01. The molecule has 80 valence electrons. The third-order valence-electron chi connectivity index (χ3n) is 2.07. The predicted molar refractivity (Wildman–Crippen MR) is 62.5 cm³/mol. The lowest BCUT2D eigenvalue weighted by atomic mass is 10.3. The van der Waals surface area contributed by atoms with Gasteiger partial charge < -0.3 is 10.1 Å². The molecular formula is C10H9BrClNO2. The molecule has 0 bridgehead atoms. The summed E-state index contributed by atoms with van der Waals surface area (Å²) in [5.41, 5.74) is 0.615. The number of hydrogen-bond acceptors (Lipinski definition) is 2. The van der Waals surface area contributed by atoms with Crippen molar-refractivity contribution in [1.29, 1.82) is 0 Å². The fraction of sp³-hybridized carbons (Fsp3) is 0.300. The van der Waals surface area contributed by atoms with Gasteiger partial charge in [-0.05, 0) is 35.0 Å². The molecule has 3 nitrogen and oxygen atoms in total. The van der Waals surface area contributed by atoms with E-state index in [1.54, 1.807) is 12.1 Å². The maximum Gasteiger partial charge on any atom is 0.228 e. The highest BCUT2D eigenvalue weighted by molar-refractivity contribution is 9.10. The number of benzene rings is 1. The van der Waals surface area contributed by atoms with Crippen LogP contribution in [0.2, 0.25) is 5.02 Å². The minimum absolute atomic E-state index is 0.0598. The van der Waals surface area contributed by atoms with Gasteiger partial charge in [0, 0.05) is 5.02 Å². The number of amides is 1. The maximum absolute atomic E-state index is 11.4. The van der Waals surface area contributed by atoms with E-state index in [1.165, 1.54) is 0 Å². The zero-order chi connectivity index (χ0) is 11.0. The molecular weight excluding hydrogens is 281 g/mol. The first kappa shape index (κ1) is 10.8. The van der Waals surface area contributed by atoms with Crippen LogP contribution in [0.1, 0.15) is 13.3 Å². The molecule has 0 saturated heterocycles. The summed E-state index contributed by atoms with van der Waals surface area (Å²) >= 11 is 9.24. The Balaban J connectivity index is 2.50. The molecule has 1 aromatic rings. The Morgan fingerprint density at radius 2 is 2.33 bits per heavy atom. The number of fused-ring (bicyclic) bond motifs is 1. The molecule has 15 heavy (non-hydrogen) atoms. The summed E-state index contributed by atoms with van der Waals surface area (Å²) in [6.45, 7) is 1.86. The molecule has 1 unspecified atom stereocenters. The van der Waals surface area contributed by atoms with Crippen molar-refractivity contribution in [3.05, 3.63) is 21.6 Å². The van der Waals surface area contributed by atoms with Crippen molar-refractivity contribution < 1.29 is 9.53 Å². The Hall–Kier alpha value is -0.740. The molecule has 1 N–H and O–H groups in total. The minimum Gasteiger partial charge on any atom is -0.487 e. The van der Waals surface area contributed by atoms with Crippen molar-refractivity contribution in [1.82, 2.24) is 0 Å². The SMILES string of the molecule is CC1CC(=O)Nc2cc(Cl)cc(Br)c2O1. The molecule has 0 aromatic heterocycles. The van der Waals surface area contributed by atoms with E-state index >= 15 is 0 Å². The van der Waals surface area contributed by atoms with Gasteiger partial charge in [-0.2, -0.15) is 0 Å². The lowest BCUT2D eigenvalue weighted by Crippen LogP contribution is -2.17. The van der Waals surface area contributed by atoms with Crippen molar-refractivity contribution in [3.63, 3.8) is 0 Å². The number of hydrogen-bond donors (Lipinski definition) is 1. The van der Waals surface area contributed by atoms with Gasteiger partial charge in [0.05, 0.1) is 16.6 Å². The van der Waals surface area contributed by atoms with Crippen LogP contribution in [0, 0.1) is 0 Å². The predicted octanol–water partition coefficient (Wildman–Crippen LogP) is 3.21. The van der Waals surface area contributed by atoms with Crippen LogP contribution in [-0.4, -0.2) is 12.0 Å². The second kappa shape index (κ2) is 4.02. The van der Waals surface area contributed by atoms with Crippen LogP contribution in [0.15, 0.2) is 16.6 Å². The summed E-state index contributed by atoms with van der Waals surface area (Å²) in [5, 5.41) is 3.31. The average molecular weight is 291 g/mol. The average Bonchev–Trinajstić information content (AvgIpc) is 2.22. The molecule has 1 aliphatic heterocycles. The van der Waals surface area contributed by atoms with Gasteiger partial charge in [0.25, 0.3) is 0 Å². The molecule has 0 spiro atoms. The molecule has 2 rings (SSSR count). The van der Waals surface area contributed by atoms with E-state index in [0.717, 1.165) is 4.47 Å². The van der Waals surface area contributed by atoms with Crippen LogP contribution < -0.4 is 10.1 Å². The van der Waals surface area contributed by atoms with Crippen LogP contribution >= 0.6 is 27.5 Å². The fourth-order valence-corrected chi connectivity index (χ4v) is 2.38. The molecule has 0 radical (unpaired) electrons. The van der Waals surface area contributed by atoms with Gasteiger partial charge >= 0.3 is 0 Å². The molecule has 5 heteroatoms. The summed E-state index contributed by atoms with van der Waals surface area (Å²) in [7, 11) is 0. The van der Waals surface area contributed by atoms with E-state index in [1.807, 2.05) is 6.92 Å². The Morgan fingerprint density at radius 3 is 3.07 bits per heavy atom. The molecule has 1 aromatic carbocycles. The summed E-state index contributed by atoms with van der Waals surface area (Å²) in [5.74, 6) is 0.577. The first-order valence-corrected chi connectivity index (χ1v) is 5.69. The number of anilines is 1. The van der Waals surface area contributed by atoms with Gasteiger partial charge in [-0.15, -0.1) is 0 Å². The summed E-state index contributed by atoms with van der Waals surface area (Å²) in [6.07, 6.45) is 0.211. The van der Waals surface area contributed by atoms with Gasteiger partial charge in [-0.1, -0.05) is 11.6 Å². The summed E-state index contributed by atoms with van der Waals surface area (Å²) in [6, 6.07) is 3.42. The third-order valence-corrected chi connectivity index (χ3v) is 2.88. The van der Waals surface area contributed by atoms with Crippen LogP contribution in [0.3, 0.4) is 0 Å². The number of carbonyl (C=O) groups excluding carboxylic acids is 1. The van der Waals surface area contributed by atoms with E-state index < -0.39 is 0 Å². The van der Waals surface area contributed by atoms with E-state index in [9.17, 15) is 4.79 Å². The van der Waals surface area contributed by atoms with Crippen molar-refractivity contribution in [3.8, 4) is 5.75 Å². The standard InChI is InChI=1S/C10H9BrClNO2/c1-5-2-9(14)13-8-4-6(12)3-7(11)10(8)15-5/h3-5H,2H2,1H3,(H,13,14). The van der Waals surface area contributed by atoms with Crippen LogP contribution in [0.5, 0.6) is 5.75 Å². The highest BCUT2D eigenvalue weighted by atomic mass is 79.9. The largest absolute Gasteiger partial charge is 0.487 e. The minimum atomic E-state index is -0.135. The van der Waals surface area contributed by atoms with Gasteiger partial charge in [0.1, 0.15) is 6.10 Å². The van der Waals surface area contributed by atoms with Gasteiger partial charge in [-0.25, -0.2) is 0 Å². The molecule has 0 saturated carbocycles. The molecule has 1 atom stereocenters. The smallest absolute Gasteiger partial charge is 0.228 e. The van der Waals surface area contributed by atoms with Gasteiger partial charge in [0.15, 0.2) is 5.75 Å². The molecule has 0 aliphatic carbocycles. The Kier molecular flexibility index (Phi) is 2.89. The van der Waals surface area contributed by atoms with Crippen molar-refractivity contribution in [2.45, 2.75) is 19.4 Å². The van der Waals surface area contributed by atoms with Gasteiger partial charge in [-0.3, -0.25) is 4.79 Å². The van der Waals surface area contributed by atoms with Gasteiger partial charge in [0.2, 0.25) is 5.91 Å². The lowest BCUT2D eigenvalue weighted by Gasteiger charge is -2.13. The second-order valence-electron chi connectivity index (χ2n) is 3.45.